The fourth-order valence-corrected chi connectivity index (χ4v) is 2.75. The Labute approximate surface area is 109 Å². The van der Waals surface area contributed by atoms with E-state index in [9.17, 15) is 0 Å². The van der Waals surface area contributed by atoms with E-state index >= 15 is 0 Å². The van der Waals surface area contributed by atoms with Gasteiger partial charge in [-0.25, -0.2) is 0 Å². The maximum atomic E-state index is 3.75. The normalized spacial score (nSPS) is 12.8. The van der Waals surface area contributed by atoms with Crippen molar-refractivity contribution in [2.24, 2.45) is 0 Å². The second-order valence-corrected chi connectivity index (χ2v) is 6.08. The van der Waals surface area contributed by atoms with Gasteiger partial charge in [-0.05, 0) is 62.3 Å². The number of halogens is 1. The van der Waals surface area contributed by atoms with Gasteiger partial charge in [0.1, 0.15) is 0 Å². The van der Waals surface area contributed by atoms with Crippen LogP contribution in [0.1, 0.15) is 48.4 Å². The van der Waals surface area contributed by atoms with Gasteiger partial charge in [-0.15, -0.1) is 0 Å². The number of hydrogen-bond acceptors (Lipinski definition) is 0. The lowest BCUT2D eigenvalue weighted by atomic mass is 9.97. The van der Waals surface area contributed by atoms with Crippen LogP contribution in [0.2, 0.25) is 0 Å². The standard InChI is InChI=1S/C15H23Br/c1-5-6-15(16)8-7-14-10-12(3)11(2)9-13(14)4/h9-10,15H,5-8H2,1-4H3. The number of benzene rings is 1. The molecule has 0 aromatic heterocycles. The Kier molecular flexibility index (Phi) is 5.54. The highest BCUT2D eigenvalue weighted by atomic mass is 79.9. The van der Waals surface area contributed by atoms with Crippen LogP contribution in [0, 0.1) is 20.8 Å². The molecule has 0 saturated carbocycles. The van der Waals surface area contributed by atoms with Crippen LogP contribution < -0.4 is 0 Å². The molecule has 1 atom stereocenters. The maximum absolute atomic E-state index is 3.75. The molecule has 0 aliphatic carbocycles. The molecule has 1 rings (SSSR count). The summed E-state index contributed by atoms with van der Waals surface area (Å²) < 4.78 is 0. The monoisotopic (exact) mass is 282 g/mol. The Morgan fingerprint density at radius 1 is 1.00 bits per heavy atom. The minimum Gasteiger partial charge on any atom is -0.0891 e. The van der Waals surface area contributed by atoms with E-state index in [2.05, 4.69) is 55.8 Å². The van der Waals surface area contributed by atoms with E-state index in [4.69, 9.17) is 0 Å². The first kappa shape index (κ1) is 13.8. The molecule has 0 fully saturated rings. The van der Waals surface area contributed by atoms with Crippen molar-refractivity contribution in [2.75, 3.05) is 0 Å². The Balaban J connectivity index is 2.63. The van der Waals surface area contributed by atoms with E-state index in [1.165, 1.54) is 47.9 Å². The predicted octanol–water partition coefficient (Wildman–Crippen LogP) is 5.11. The predicted molar refractivity (Wildman–Crippen MR) is 76.6 cm³/mol. The molecule has 0 heterocycles. The van der Waals surface area contributed by atoms with Crippen LogP contribution in [-0.2, 0) is 6.42 Å². The van der Waals surface area contributed by atoms with Gasteiger partial charge >= 0.3 is 0 Å². The molecule has 16 heavy (non-hydrogen) atoms. The van der Waals surface area contributed by atoms with Gasteiger partial charge in [0.25, 0.3) is 0 Å². The third kappa shape index (κ3) is 3.93. The summed E-state index contributed by atoms with van der Waals surface area (Å²) in [5.74, 6) is 0. The number of rotatable bonds is 5. The van der Waals surface area contributed by atoms with Crippen molar-refractivity contribution in [1.82, 2.24) is 0 Å². The van der Waals surface area contributed by atoms with Gasteiger partial charge in [-0.2, -0.15) is 0 Å². The van der Waals surface area contributed by atoms with Crippen molar-refractivity contribution in [3.05, 3.63) is 34.4 Å². The first-order valence-electron chi connectivity index (χ1n) is 6.25. The fraction of sp³-hybridized carbons (Fsp3) is 0.600. The fourth-order valence-electron chi connectivity index (χ4n) is 2.06. The van der Waals surface area contributed by atoms with Crippen molar-refractivity contribution in [2.45, 2.75) is 58.2 Å². The summed E-state index contributed by atoms with van der Waals surface area (Å²) in [6.07, 6.45) is 4.99. The molecule has 0 nitrogen and oxygen atoms in total. The molecule has 0 radical (unpaired) electrons. The lowest BCUT2D eigenvalue weighted by Gasteiger charge is -2.12. The molecule has 0 N–H and O–H groups in total. The van der Waals surface area contributed by atoms with Crippen LogP contribution in [0.3, 0.4) is 0 Å². The van der Waals surface area contributed by atoms with Crippen molar-refractivity contribution >= 4 is 15.9 Å². The third-order valence-corrected chi connectivity index (χ3v) is 4.20. The highest BCUT2D eigenvalue weighted by molar-refractivity contribution is 9.09. The molecule has 90 valence electrons. The van der Waals surface area contributed by atoms with Crippen LogP contribution in [0.25, 0.3) is 0 Å². The smallest absolute Gasteiger partial charge is 0.0148 e. The molecule has 1 heteroatoms. The van der Waals surface area contributed by atoms with Crippen LogP contribution in [-0.4, -0.2) is 4.83 Å². The van der Waals surface area contributed by atoms with Gasteiger partial charge in [0.2, 0.25) is 0 Å². The molecule has 0 saturated heterocycles. The van der Waals surface area contributed by atoms with Crippen LogP contribution in [0.4, 0.5) is 0 Å². The van der Waals surface area contributed by atoms with Gasteiger partial charge in [-0.3, -0.25) is 0 Å². The molecule has 0 spiro atoms. The van der Waals surface area contributed by atoms with Crippen LogP contribution >= 0.6 is 15.9 Å². The van der Waals surface area contributed by atoms with Gasteiger partial charge in [0.15, 0.2) is 0 Å². The Bertz CT molecular complexity index is 342. The molecular weight excluding hydrogens is 260 g/mol. The summed E-state index contributed by atoms with van der Waals surface area (Å²) in [5.41, 5.74) is 5.79. The summed E-state index contributed by atoms with van der Waals surface area (Å²) in [6, 6.07) is 4.67. The zero-order valence-corrected chi connectivity index (χ0v) is 12.5. The number of aryl methyl sites for hydroxylation is 4. The van der Waals surface area contributed by atoms with E-state index in [1.54, 1.807) is 0 Å². The van der Waals surface area contributed by atoms with Crippen molar-refractivity contribution in [3.8, 4) is 0 Å². The van der Waals surface area contributed by atoms with Crippen LogP contribution in [0.15, 0.2) is 12.1 Å². The summed E-state index contributed by atoms with van der Waals surface area (Å²) in [4.78, 5) is 0.679. The number of hydrogen-bond donors (Lipinski definition) is 0. The molecule has 0 bridgehead atoms. The zero-order valence-electron chi connectivity index (χ0n) is 10.9. The SMILES string of the molecule is CCCC(Br)CCc1cc(C)c(C)cc1C. The second-order valence-electron chi connectivity index (χ2n) is 4.79. The molecule has 0 amide bonds. The van der Waals surface area contributed by atoms with Gasteiger partial charge < -0.3 is 0 Å². The summed E-state index contributed by atoms with van der Waals surface area (Å²) in [6.45, 7) is 8.87. The first-order chi connectivity index (χ1) is 7.54. The van der Waals surface area contributed by atoms with Gasteiger partial charge in [0, 0.05) is 4.83 Å². The maximum Gasteiger partial charge on any atom is 0.0148 e. The van der Waals surface area contributed by atoms with E-state index < -0.39 is 0 Å². The minimum atomic E-state index is 0.679. The molecule has 1 aromatic rings. The third-order valence-electron chi connectivity index (χ3n) is 3.28. The van der Waals surface area contributed by atoms with Crippen molar-refractivity contribution in [1.29, 1.82) is 0 Å². The van der Waals surface area contributed by atoms with E-state index in [-0.39, 0.29) is 0 Å². The highest BCUT2D eigenvalue weighted by Crippen LogP contribution is 2.20. The zero-order chi connectivity index (χ0) is 12.1. The lowest BCUT2D eigenvalue weighted by Crippen LogP contribution is -2.01. The van der Waals surface area contributed by atoms with E-state index in [0.717, 1.165) is 0 Å². The van der Waals surface area contributed by atoms with E-state index in [0.29, 0.717) is 4.83 Å². The van der Waals surface area contributed by atoms with Gasteiger partial charge in [-0.1, -0.05) is 41.4 Å². The topological polar surface area (TPSA) is 0 Å². The first-order valence-corrected chi connectivity index (χ1v) is 7.17. The average Bonchev–Trinajstić information content (AvgIpc) is 2.22. The highest BCUT2D eigenvalue weighted by Gasteiger charge is 2.06. The van der Waals surface area contributed by atoms with Crippen molar-refractivity contribution < 1.29 is 0 Å². The Morgan fingerprint density at radius 3 is 2.25 bits per heavy atom. The minimum absolute atomic E-state index is 0.679. The summed E-state index contributed by atoms with van der Waals surface area (Å²) in [5, 5.41) is 0. The molecule has 0 aliphatic heterocycles. The quantitative estimate of drug-likeness (QED) is 0.659. The van der Waals surface area contributed by atoms with E-state index in [1.807, 2.05) is 0 Å². The van der Waals surface area contributed by atoms with Crippen LogP contribution in [0.5, 0.6) is 0 Å². The van der Waals surface area contributed by atoms with Gasteiger partial charge in [0.05, 0.1) is 0 Å². The molecule has 0 aliphatic rings. The largest absolute Gasteiger partial charge is 0.0891 e. The van der Waals surface area contributed by atoms with Crippen molar-refractivity contribution in [3.63, 3.8) is 0 Å². The summed E-state index contributed by atoms with van der Waals surface area (Å²) in [7, 11) is 0. The molecular formula is C15H23Br. The molecule has 1 unspecified atom stereocenters. The summed E-state index contributed by atoms with van der Waals surface area (Å²) >= 11 is 3.75. The Morgan fingerprint density at radius 2 is 1.62 bits per heavy atom. The average molecular weight is 283 g/mol. The number of alkyl halides is 1. The molecule has 1 aromatic carbocycles. The second kappa shape index (κ2) is 6.44. The lowest BCUT2D eigenvalue weighted by molar-refractivity contribution is 0.691. The Hall–Kier alpha value is -0.300.